The summed E-state index contributed by atoms with van der Waals surface area (Å²) in [5.41, 5.74) is 6.97. The summed E-state index contributed by atoms with van der Waals surface area (Å²) in [5, 5.41) is 3.05. The molecule has 2 unspecified atom stereocenters. The molecule has 3 N–H and O–H groups in total. The molecule has 4 nitrogen and oxygen atoms in total. The highest BCUT2D eigenvalue weighted by molar-refractivity contribution is 5.79. The largest absolute Gasteiger partial charge is 0.356 e. The predicted octanol–water partition coefficient (Wildman–Crippen LogP) is 1.51. The quantitative estimate of drug-likeness (QED) is 0.844. The molecule has 1 aliphatic rings. The zero-order valence-corrected chi connectivity index (χ0v) is 11.3. The first-order valence-electron chi connectivity index (χ1n) is 7.18. The number of amides is 1. The minimum absolute atomic E-state index is 0.121. The Bertz CT molecular complexity index is 394. The second kappa shape index (κ2) is 7.24. The van der Waals surface area contributed by atoms with Gasteiger partial charge in [-0.15, -0.1) is 0 Å². The van der Waals surface area contributed by atoms with E-state index in [0.717, 1.165) is 25.7 Å². The van der Waals surface area contributed by atoms with Gasteiger partial charge in [-0.1, -0.05) is 12.8 Å². The maximum atomic E-state index is 12.2. The van der Waals surface area contributed by atoms with Crippen molar-refractivity contribution in [2.75, 3.05) is 13.1 Å². The number of pyridine rings is 1. The third-order valence-corrected chi connectivity index (χ3v) is 4.01. The van der Waals surface area contributed by atoms with Crippen LogP contribution in [0, 0.1) is 11.8 Å². The van der Waals surface area contributed by atoms with E-state index in [2.05, 4.69) is 10.3 Å². The summed E-state index contributed by atoms with van der Waals surface area (Å²) in [6.45, 7) is 1.32. The highest BCUT2D eigenvalue weighted by Crippen LogP contribution is 2.29. The first-order valence-corrected chi connectivity index (χ1v) is 7.18. The average molecular weight is 261 g/mol. The average Bonchev–Trinajstić information content (AvgIpc) is 2.48. The van der Waals surface area contributed by atoms with Crippen molar-refractivity contribution >= 4 is 5.91 Å². The molecule has 0 aliphatic heterocycles. The van der Waals surface area contributed by atoms with Crippen molar-refractivity contribution in [1.29, 1.82) is 0 Å². The Balaban J connectivity index is 1.77. The highest BCUT2D eigenvalue weighted by Gasteiger charge is 2.29. The van der Waals surface area contributed by atoms with Gasteiger partial charge in [0.1, 0.15) is 0 Å². The summed E-state index contributed by atoms with van der Waals surface area (Å²) in [4.78, 5) is 16.2. The van der Waals surface area contributed by atoms with Crippen molar-refractivity contribution in [3.63, 3.8) is 0 Å². The third-order valence-electron chi connectivity index (χ3n) is 4.01. The topological polar surface area (TPSA) is 68.0 Å². The number of nitrogens with one attached hydrogen (secondary N) is 1. The summed E-state index contributed by atoms with van der Waals surface area (Å²) in [7, 11) is 0. The van der Waals surface area contributed by atoms with Crippen molar-refractivity contribution in [2.45, 2.75) is 32.1 Å². The SMILES string of the molecule is NCC1CCCCC1C(=O)NCCc1ccncc1. The number of hydrogen-bond donors (Lipinski definition) is 2. The molecule has 1 aromatic rings. The molecule has 1 aliphatic carbocycles. The molecule has 1 saturated carbocycles. The Kier molecular flexibility index (Phi) is 5.33. The van der Waals surface area contributed by atoms with E-state index < -0.39 is 0 Å². The minimum Gasteiger partial charge on any atom is -0.356 e. The lowest BCUT2D eigenvalue weighted by molar-refractivity contribution is -0.127. The van der Waals surface area contributed by atoms with E-state index in [1.54, 1.807) is 12.4 Å². The first kappa shape index (κ1) is 14.0. The molecule has 2 rings (SSSR count). The standard InChI is InChI=1S/C15H23N3O/c16-11-13-3-1-2-4-14(13)15(19)18-10-7-12-5-8-17-9-6-12/h5-6,8-9,13-14H,1-4,7,10-11,16H2,(H,18,19). The van der Waals surface area contributed by atoms with Crippen LogP contribution in [-0.4, -0.2) is 24.0 Å². The van der Waals surface area contributed by atoms with Crippen molar-refractivity contribution in [3.8, 4) is 0 Å². The van der Waals surface area contributed by atoms with E-state index in [1.807, 2.05) is 12.1 Å². The molecular formula is C15H23N3O. The van der Waals surface area contributed by atoms with E-state index in [-0.39, 0.29) is 11.8 Å². The number of nitrogens with two attached hydrogens (primary N) is 1. The predicted molar refractivity (Wildman–Crippen MR) is 75.5 cm³/mol. The van der Waals surface area contributed by atoms with Crippen molar-refractivity contribution in [2.24, 2.45) is 17.6 Å². The molecule has 0 radical (unpaired) electrons. The highest BCUT2D eigenvalue weighted by atomic mass is 16.1. The van der Waals surface area contributed by atoms with Crippen LogP contribution in [0.5, 0.6) is 0 Å². The number of carbonyl (C=O) groups excluding carboxylic acids is 1. The fourth-order valence-corrected chi connectivity index (χ4v) is 2.85. The van der Waals surface area contributed by atoms with E-state index in [4.69, 9.17) is 5.73 Å². The second-order valence-electron chi connectivity index (χ2n) is 5.28. The van der Waals surface area contributed by atoms with Gasteiger partial charge in [-0.05, 0) is 49.4 Å². The van der Waals surface area contributed by atoms with E-state index >= 15 is 0 Å². The number of aromatic nitrogens is 1. The normalized spacial score (nSPS) is 23.0. The van der Waals surface area contributed by atoms with Crippen molar-refractivity contribution < 1.29 is 4.79 Å². The number of rotatable bonds is 5. The number of carbonyl (C=O) groups is 1. The molecule has 1 fully saturated rings. The zero-order chi connectivity index (χ0) is 13.5. The van der Waals surface area contributed by atoms with Crippen LogP contribution in [0.15, 0.2) is 24.5 Å². The Morgan fingerprint density at radius 1 is 1.32 bits per heavy atom. The molecule has 0 bridgehead atoms. The van der Waals surface area contributed by atoms with Crippen LogP contribution in [0.3, 0.4) is 0 Å². The van der Waals surface area contributed by atoms with Gasteiger partial charge in [-0.25, -0.2) is 0 Å². The molecule has 0 saturated heterocycles. The fourth-order valence-electron chi connectivity index (χ4n) is 2.85. The Hall–Kier alpha value is -1.42. The maximum absolute atomic E-state index is 12.2. The monoisotopic (exact) mass is 261 g/mol. The molecule has 104 valence electrons. The van der Waals surface area contributed by atoms with Gasteiger partial charge < -0.3 is 11.1 Å². The number of nitrogens with zero attached hydrogens (tertiary/aromatic N) is 1. The van der Waals surface area contributed by atoms with Crippen molar-refractivity contribution in [1.82, 2.24) is 10.3 Å². The molecule has 1 aromatic heterocycles. The summed E-state index contributed by atoms with van der Waals surface area (Å²) in [5.74, 6) is 0.676. The molecule has 4 heteroatoms. The van der Waals surface area contributed by atoms with Gasteiger partial charge in [-0.2, -0.15) is 0 Å². The van der Waals surface area contributed by atoms with Crippen LogP contribution in [-0.2, 0) is 11.2 Å². The van der Waals surface area contributed by atoms with E-state index in [0.29, 0.717) is 19.0 Å². The first-order chi connectivity index (χ1) is 9.31. The molecule has 1 heterocycles. The van der Waals surface area contributed by atoms with Gasteiger partial charge in [0, 0.05) is 24.9 Å². The van der Waals surface area contributed by atoms with E-state index in [1.165, 1.54) is 12.0 Å². The zero-order valence-electron chi connectivity index (χ0n) is 11.3. The Morgan fingerprint density at radius 2 is 2.05 bits per heavy atom. The van der Waals surface area contributed by atoms with Gasteiger partial charge in [0.2, 0.25) is 5.91 Å². The maximum Gasteiger partial charge on any atom is 0.223 e. The molecule has 2 atom stereocenters. The molecule has 0 aromatic carbocycles. The van der Waals surface area contributed by atoms with Gasteiger partial charge in [0.05, 0.1) is 0 Å². The fraction of sp³-hybridized carbons (Fsp3) is 0.600. The second-order valence-corrected chi connectivity index (χ2v) is 5.28. The molecule has 1 amide bonds. The third kappa shape index (κ3) is 4.03. The molecule has 19 heavy (non-hydrogen) atoms. The lowest BCUT2D eigenvalue weighted by Gasteiger charge is -2.29. The summed E-state index contributed by atoms with van der Waals surface area (Å²) in [6.07, 6.45) is 8.86. The summed E-state index contributed by atoms with van der Waals surface area (Å²) < 4.78 is 0. The Morgan fingerprint density at radius 3 is 2.79 bits per heavy atom. The van der Waals surface area contributed by atoms with Crippen LogP contribution in [0.2, 0.25) is 0 Å². The molecular weight excluding hydrogens is 238 g/mol. The lowest BCUT2D eigenvalue weighted by Crippen LogP contribution is -2.40. The lowest BCUT2D eigenvalue weighted by atomic mass is 9.79. The van der Waals surface area contributed by atoms with Crippen LogP contribution in [0.1, 0.15) is 31.2 Å². The smallest absolute Gasteiger partial charge is 0.223 e. The van der Waals surface area contributed by atoms with E-state index in [9.17, 15) is 4.79 Å². The summed E-state index contributed by atoms with van der Waals surface area (Å²) >= 11 is 0. The Labute approximate surface area is 114 Å². The van der Waals surface area contributed by atoms with Gasteiger partial charge in [-0.3, -0.25) is 9.78 Å². The van der Waals surface area contributed by atoms with Crippen LogP contribution in [0.4, 0.5) is 0 Å². The number of hydrogen-bond acceptors (Lipinski definition) is 3. The minimum atomic E-state index is 0.121. The van der Waals surface area contributed by atoms with Gasteiger partial charge in [0.25, 0.3) is 0 Å². The van der Waals surface area contributed by atoms with Gasteiger partial charge >= 0.3 is 0 Å². The molecule has 0 spiro atoms. The van der Waals surface area contributed by atoms with Gasteiger partial charge in [0.15, 0.2) is 0 Å². The van der Waals surface area contributed by atoms with Crippen molar-refractivity contribution in [3.05, 3.63) is 30.1 Å². The summed E-state index contributed by atoms with van der Waals surface area (Å²) in [6, 6.07) is 3.96. The van der Waals surface area contributed by atoms with Crippen LogP contribution in [0.25, 0.3) is 0 Å². The van der Waals surface area contributed by atoms with Crippen LogP contribution < -0.4 is 11.1 Å². The van der Waals surface area contributed by atoms with Crippen LogP contribution >= 0.6 is 0 Å².